The Hall–Kier alpha value is -1.65. The molecule has 0 aromatic carbocycles. The lowest BCUT2D eigenvalue weighted by Gasteiger charge is -2.34. The van der Waals surface area contributed by atoms with E-state index in [-0.39, 0.29) is 11.9 Å². The van der Waals surface area contributed by atoms with Crippen LogP contribution < -0.4 is 0 Å². The normalized spacial score (nSPS) is 26.7. The number of allylic oxidation sites excluding steroid dienone is 2. The molecule has 0 N–H and O–H groups in total. The van der Waals surface area contributed by atoms with Crippen LogP contribution in [0.25, 0.3) is 0 Å². The molecule has 1 aliphatic heterocycles. The van der Waals surface area contributed by atoms with Gasteiger partial charge < -0.3 is 9.42 Å². The molecular formula is C15H21N3O2. The van der Waals surface area contributed by atoms with Crippen molar-refractivity contribution in [2.45, 2.75) is 51.0 Å². The highest BCUT2D eigenvalue weighted by Gasteiger charge is 2.31. The lowest BCUT2D eigenvalue weighted by Crippen LogP contribution is -2.39. The van der Waals surface area contributed by atoms with Crippen LogP contribution in [0.3, 0.4) is 0 Å². The third kappa shape index (κ3) is 2.92. The molecule has 2 heterocycles. The van der Waals surface area contributed by atoms with Crippen LogP contribution in [0.4, 0.5) is 0 Å². The van der Waals surface area contributed by atoms with Gasteiger partial charge >= 0.3 is 0 Å². The van der Waals surface area contributed by atoms with E-state index >= 15 is 0 Å². The molecule has 0 radical (unpaired) electrons. The fourth-order valence-corrected chi connectivity index (χ4v) is 3.22. The monoisotopic (exact) mass is 275 g/mol. The van der Waals surface area contributed by atoms with Gasteiger partial charge in [-0.25, -0.2) is 0 Å². The maximum absolute atomic E-state index is 12.6. The Kier molecular flexibility index (Phi) is 4.14. The van der Waals surface area contributed by atoms with E-state index < -0.39 is 0 Å². The largest absolute Gasteiger partial charge is 0.343 e. The second-order valence-corrected chi connectivity index (χ2v) is 5.71. The topological polar surface area (TPSA) is 59.2 Å². The summed E-state index contributed by atoms with van der Waals surface area (Å²) in [6.45, 7) is 0.814. The summed E-state index contributed by atoms with van der Waals surface area (Å²) < 4.78 is 4.84. The third-order valence-corrected chi connectivity index (χ3v) is 4.29. The maximum Gasteiger partial charge on any atom is 0.223 e. The molecule has 1 aromatic heterocycles. The van der Waals surface area contributed by atoms with E-state index in [2.05, 4.69) is 22.3 Å². The Balaban J connectivity index is 1.67. The average Bonchev–Trinajstić information content (AvgIpc) is 3.02. The predicted molar refractivity (Wildman–Crippen MR) is 73.7 cm³/mol. The molecule has 20 heavy (non-hydrogen) atoms. The minimum absolute atomic E-state index is 0.00238. The molecule has 5 nitrogen and oxygen atoms in total. The highest BCUT2D eigenvalue weighted by atomic mass is 16.5. The molecule has 1 saturated heterocycles. The molecule has 3 rings (SSSR count). The summed E-state index contributed by atoms with van der Waals surface area (Å²) in [4.78, 5) is 18.7. The number of nitrogens with zero attached hydrogens (tertiary/aromatic N) is 3. The molecule has 0 bridgehead atoms. The van der Waals surface area contributed by atoms with Crippen LogP contribution in [-0.2, 0) is 4.79 Å². The summed E-state index contributed by atoms with van der Waals surface area (Å²) in [7, 11) is 0. The van der Waals surface area contributed by atoms with Gasteiger partial charge in [0.15, 0.2) is 5.82 Å². The molecule has 1 aromatic rings. The van der Waals surface area contributed by atoms with Crippen LogP contribution >= 0.6 is 0 Å². The Bertz CT molecular complexity index is 469. The first-order valence-electron chi connectivity index (χ1n) is 7.57. The van der Waals surface area contributed by atoms with Gasteiger partial charge in [0.05, 0.1) is 6.04 Å². The number of hydrogen-bond acceptors (Lipinski definition) is 4. The average molecular weight is 275 g/mol. The van der Waals surface area contributed by atoms with Gasteiger partial charge in [0, 0.05) is 13.0 Å². The molecule has 108 valence electrons. The molecule has 1 amide bonds. The zero-order chi connectivity index (χ0) is 13.8. The van der Waals surface area contributed by atoms with Gasteiger partial charge in [-0.15, -0.1) is 0 Å². The quantitative estimate of drug-likeness (QED) is 0.796. The number of likely N-dealkylation sites (tertiary alicyclic amines) is 1. The van der Waals surface area contributed by atoms with E-state index in [1.807, 2.05) is 4.90 Å². The number of hydrogen-bond donors (Lipinski definition) is 0. The molecule has 2 aliphatic rings. The Morgan fingerprint density at radius 1 is 1.35 bits per heavy atom. The fraction of sp³-hybridized carbons (Fsp3) is 0.667. The van der Waals surface area contributed by atoms with Gasteiger partial charge in [-0.3, -0.25) is 4.79 Å². The first-order valence-corrected chi connectivity index (χ1v) is 7.57. The van der Waals surface area contributed by atoms with Crippen LogP contribution in [-0.4, -0.2) is 27.5 Å². The second kappa shape index (κ2) is 6.20. The van der Waals surface area contributed by atoms with Gasteiger partial charge in [-0.2, -0.15) is 4.98 Å². The van der Waals surface area contributed by atoms with Gasteiger partial charge in [0.1, 0.15) is 0 Å². The highest BCUT2D eigenvalue weighted by Crippen LogP contribution is 2.31. The molecular weight excluding hydrogens is 254 g/mol. The van der Waals surface area contributed by atoms with Crippen molar-refractivity contribution >= 4 is 5.91 Å². The molecule has 0 saturated carbocycles. The van der Waals surface area contributed by atoms with Gasteiger partial charge in [-0.1, -0.05) is 17.3 Å². The highest BCUT2D eigenvalue weighted by molar-refractivity contribution is 5.77. The number of rotatable bonds is 3. The summed E-state index contributed by atoms with van der Waals surface area (Å²) >= 11 is 0. The standard InChI is InChI=1S/C15H21N3O2/c19-14(10-12-6-2-1-3-7-12)18-9-5-4-8-13(18)15-16-11-20-17-15/h2,6,11-13H,1,3-5,7-10H2/t12-,13+/m1/s1. The number of carbonyl (C=O) groups excluding carboxylic acids is 1. The fourth-order valence-electron chi connectivity index (χ4n) is 3.22. The lowest BCUT2D eigenvalue weighted by atomic mass is 9.91. The van der Waals surface area contributed by atoms with E-state index in [0.29, 0.717) is 18.2 Å². The van der Waals surface area contributed by atoms with Crippen LogP contribution in [0.5, 0.6) is 0 Å². The summed E-state index contributed by atoms with van der Waals surface area (Å²) in [5.41, 5.74) is 0. The Morgan fingerprint density at radius 2 is 2.30 bits per heavy atom. The van der Waals surface area contributed by atoms with E-state index in [4.69, 9.17) is 4.52 Å². The van der Waals surface area contributed by atoms with Gasteiger partial charge in [0.2, 0.25) is 12.3 Å². The molecule has 1 fully saturated rings. The zero-order valence-electron chi connectivity index (χ0n) is 11.7. The molecule has 0 spiro atoms. The minimum atomic E-state index is 0.00238. The van der Waals surface area contributed by atoms with Crippen LogP contribution in [0.15, 0.2) is 23.1 Å². The molecule has 0 unspecified atom stereocenters. The minimum Gasteiger partial charge on any atom is -0.343 e. The summed E-state index contributed by atoms with van der Waals surface area (Å²) in [5.74, 6) is 1.29. The van der Waals surface area contributed by atoms with Crippen LogP contribution in [0, 0.1) is 5.92 Å². The van der Waals surface area contributed by atoms with Crippen molar-refractivity contribution in [3.63, 3.8) is 0 Å². The van der Waals surface area contributed by atoms with Crippen molar-refractivity contribution in [1.82, 2.24) is 15.0 Å². The third-order valence-electron chi connectivity index (χ3n) is 4.29. The number of piperidine rings is 1. The summed E-state index contributed by atoms with van der Waals surface area (Å²) in [6.07, 6.45) is 13.0. The smallest absolute Gasteiger partial charge is 0.223 e. The van der Waals surface area contributed by atoms with Crippen LogP contribution in [0.1, 0.15) is 56.8 Å². The van der Waals surface area contributed by atoms with Crippen molar-refractivity contribution in [2.24, 2.45) is 5.92 Å². The van der Waals surface area contributed by atoms with Crippen molar-refractivity contribution in [2.75, 3.05) is 6.54 Å². The van der Waals surface area contributed by atoms with Crippen molar-refractivity contribution in [1.29, 1.82) is 0 Å². The van der Waals surface area contributed by atoms with Crippen LogP contribution in [0.2, 0.25) is 0 Å². The van der Waals surface area contributed by atoms with Crippen molar-refractivity contribution in [3.05, 3.63) is 24.4 Å². The van der Waals surface area contributed by atoms with Gasteiger partial charge in [0.25, 0.3) is 0 Å². The van der Waals surface area contributed by atoms with E-state index in [0.717, 1.165) is 38.6 Å². The zero-order valence-corrected chi connectivity index (χ0v) is 11.7. The Morgan fingerprint density at radius 3 is 3.05 bits per heavy atom. The molecule has 2 atom stereocenters. The second-order valence-electron chi connectivity index (χ2n) is 5.71. The summed E-state index contributed by atoms with van der Waals surface area (Å²) in [5, 5.41) is 3.93. The van der Waals surface area contributed by atoms with E-state index in [9.17, 15) is 4.79 Å². The first-order chi connectivity index (χ1) is 9.84. The number of amides is 1. The molecule has 1 aliphatic carbocycles. The summed E-state index contributed by atoms with van der Waals surface area (Å²) in [6, 6.07) is 0.00238. The molecule has 5 heteroatoms. The van der Waals surface area contributed by atoms with Gasteiger partial charge in [-0.05, 0) is 44.4 Å². The number of carbonyl (C=O) groups is 1. The number of aromatic nitrogens is 2. The van der Waals surface area contributed by atoms with E-state index in [1.165, 1.54) is 12.8 Å². The Labute approximate surface area is 119 Å². The van der Waals surface area contributed by atoms with E-state index in [1.54, 1.807) is 0 Å². The SMILES string of the molecule is O=C(C[C@@H]1C=CCCC1)N1CCCC[C@H]1c1ncon1. The van der Waals surface area contributed by atoms with Crippen molar-refractivity contribution < 1.29 is 9.32 Å². The lowest BCUT2D eigenvalue weighted by molar-refractivity contribution is -0.136. The van der Waals surface area contributed by atoms with Crippen molar-refractivity contribution in [3.8, 4) is 0 Å². The first kappa shape index (κ1) is 13.3. The predicted octanol–water partition coefficient (Wildman–Crippen LogP) is 2.87. The maximum atomic E-state index is 12.6.